The first kappa shape index (κ1) is 16.5. The zero-order valence-electron chi connectivity index (χ0n) is 13.5. The first-order valence-electron chi connectivity index (χ1n) is 8.21. The van der Waals surface area contributed by atoms with E-state index in [0.717, 1.165) is 31.2 Å². The average Bonchev–Trinajstić information content (AvgIpc) is 2.88. The molecule has 0 spiro atoms. The number of benzene rings is 1. The topological polar surface area (TPSA) is 41.6 Å². The van der Waals surface area contributed by atoms with E-state index in [1.807, 2.05) is 30.3 Å². The van der Waals surface area contributed by atoms with Crippen LogP contribution in [0.4, 0.5) is 0 Å². The van der Waals surface area contributed by atoms with Gasteiger partial charge in [0.1, 0.15) is 18.1 Å². The van der Waals surface area contributed by atoms with Gasteiger partial charge < -0.3 is 10.1 Å². The molecular formula is C19H20N2O2S. The second-order valence-corrected chi connectivity index (χ2v) is 6.40. The van der Waals surface area contributed by atoms with Crippen LogP contribution in [0.5, 0.6) is 5.75 Å². The van der Waals surface area contributed by atoms with Crippen LogP contribution in [0.2, 0.25) is 0 Å². The van der Waals surface area contributed by atoms with Crippen LogP contribution in [0.1, 0.15) is 37.7 Å². The van der Waals surface area contributed by atoms with Crippen molar-refractivity contribution >= 4 is 29.3 Å². The van der Waals surface area contributed by atoms with Gasteiger partial charge in [-0.05, 0) is 48.8 Å². The minimum absolute atomic E-state index is 0.0282. The summed E-state index contributed by atoms with van der Waals surface area (Å²) in [6.07, 6.45) is 12.6. The summed E-state index contributed by atoms with van der Waals surface area (Å²) < 4.78 is 5.35. The molecule has 1 aliphatic carbocycles. The molecule has 1 heterocycles. The summed E-state index contributed by atoms with van der Waals surface area (Å²) in [5, 5.41) is 3.58. The fraction of sp³-hybridized carbons (Fsp3) is 0.368. The van der Waals surface area contributed by atoms with Crippen LogP contribution in [-0.2, 0) is 4.79 Å². The first-order valence-corrected chi connectivity index (χ1v) is 8.62. The molecule has 0 aromatic heterocycles. The Morgan fingerprint density at radius 3 is 2.67 bits per heavy atom. The number of hydrogen-bond acceptors (Lipinski definition) is 3. The van der Waals surface area contributed by atoms with Crippen molar-refractivity contribution in [3.63, 3.8) is 0 Å². The van der Waals surface area contributed by atoms with Crippen LogP contribution in [0.25, 0.3) is 6.08 Å². The molecule has 0 radical (unpaired) electrons. The molecular weight excluding hydrogens is 320 g/mol. The highest BCUT2D eigenvalue weighted by atomic mass is 32.1. The second kappa shape index (κ2) is 7.50. The number of ether oxygens (including phenoxy) is 1. The van der Waals surface area contributed by atoms with Gasteiger partial charge in [0.05, 0.1) is 0 Å². The average molecular weight is 340 g/mol. The van der Waals surface area contributed by atoms with E-state index < -0.39 is 0 Å². The number of hydrogen-bond donors (Lipinski definition) is 1. The van der Waals surface area contributed by atoms with E-state index in [1.165, 1.54) is 6.42 Å². The molecule has 0 unspecified atom stereocenters. The van der Waals surface area contributed by atoms with Gasteiger partial charge in [-0.2, -0.15) is 0 Å². The zero-order chi connectivity index (χ0) is 16.9. The lowest BCUT2D eigenvalue weighted by Gasteiger charge is -2.29. The molecule has 1 amide bonds. The molecule has 1 aromatic carbocycles. The summed E-state index contributed by atoms with van der Waals surface area (Å²) in [7, 11) is 0. The number of carbonyl (C=O) groups is 1. The molecule has 1 aliphatic heterocycles. The van der Waals surface area contributed by atoms with Crippen molar-refractivity contribution in [3.8, 4) is 18.1 Å². The summed E-state index contributed by atoms with van der Waals surface area (Å²) >= 11 is 5.37. The Bertz CT molecular complexity index is 697. The van der Waals surface area contributed by atoms with Gasteiger partial charge in [-0.1, -0.05) is 37.3 Å². The molecule has 24 heavy (non-hydrogen) atoms. The van der Waals surface area contributed by atoms with E-state index in [2.05, 4.69) is 11.2 Å². The number of terminal acetylenes is 1. The van der Waals surface area contributed by atoms with Gasteiger partial charge in [0.2, 0.25) is 0 Å². The molecule has 3 rings (SSSR count). The van der Waals surface area contributed by atoms with Crippen molar-refractivity contribution in [2.24, 2.45) is 0 Å². The Hall–Kier alpha value is -2.32. The van der Waals surface area contributed by atoms with Crippen LogP contribution in [-0.4, -0.2) is 28.6 Å². The highest BCUT2D eigenvalue weighted by Gasteiger charge is 2.36. The predicted molar refractivity (Wildman–Crippen MR) is 98.2 cm³/mol. The van der Waals surface area contributed by atoms with Crippen molar-refractivity contribution in [1.82, 2.24) is 10.2 Å². The molecule has 2 fully saturated rings. The van der Waals surface area contributed by atoms with Gasteiger partial charge in [-0.25, -0.2) is 0 Å². The number of nitrogens with zero attached hydrogens (tertiary/aromatic N) is 1. The molecule has 5 heteroatoms. The minimum Gasteiger partial charge on any atom is -0.481 e. The van der Waals surface area contributed by atoms with Gasteiger partial charge in [0, 0.05) is 6.04 Å². The molecule has 1 aromatic rings. The summed E-state index contributed by atoms with van der Waals surface area (Å²) in [6.45, 7) is 0.241. The Morgan fingerprint density at radius 2 is 2.00 bits per heavy atom. The third kappa shape index (κ3) is 3.60. The maximum atomic E-state index is 12.7. The number of rotatable bonds is 4. The Kier molecular flexibility index (Phi) is 5.17. The third-order valence-electron chi connectivity index (χ3n) is 4.36. The number of thiocarbonyl (C=S) groups is 1. The SMILES string of the molecule is C#CCOc1ccc(/C=C2\NC(=S)N(C3CCCCC3)C2=O)cc1. The lowest BCUT2D eigenvalue weighted by atomic mass is 9.94. The summed E-state index contributed by atoms with van der Waals surface area (Å²) in [5.41, 5.74) is 1.44. The fourth-order valence-corrected chi connectivity index (χ4v) is 3.51. The lowest BCUT2D eigenvalue weighted by Crippen LogP contribution is -2.41. The van der Waals surface area contributed by atoms with Crippen LogP contribution >= 0.6 is 12.2 Å². The molecule has 0 atom stereocenters. The van der Waals surface area contributed by atoms with E-state index in [1.54, 1.807) is 4.90 Å². The minimum atomic E-state index is -0.0282. The summed E-state index contributed by atoms with van der Waals surface area (Å²) in [6, 6.07) is 7.68. The van der Waals surface area contributed by atoms with Crippen molar-refractivity contribution in [3.05, 3.63) is 35.5 Å². The largest absolute Gasteiger partial charge is 0.481 e. The molecule has 1 N–H and O–H groups in total. The van der Waals surface area contributed by atoms with Crippen LogP contribution < -0.4 is 10.1 Å². The number of nitrogens with one attached hydrogen (secondary N) is 1. The van der Waals surface area contributed by atoms with Crippen LogP contribution in [0, 0.1) is 12.3 Å². The van der Waals surface area contributed by atoms with Crippen molar-refractivity contribution in [2.75, 3.05) is 6.61 Å². The Morgan fingerprint density at radius 1 is 1.29 bits per heavy atom. The second-order valence-electron chi connectivity index (χ2n) is 6.02. The molecule has 1 saturated heterocycles. The van der Waals surface area contributed by atoms with Gasteiger partial charge in [-0.15, -0.1) is 6.42 Å². The Labute approximate surface area is 147 Å². The Balaban J connectivity index is 1.72. The van der Waals surface area contributed by atoms with Crippen molar-refractivity contribution in [2.45, 2.75) is 38.1 Å². The quantitative estimate of drug-likeness (QED) is 0.520. The highest BCUT2D eigenvalue weighted by Crippen LogP contribution is 2.27. The predicted octanol–water partition coefficient (Wildman–Crippen LogP) is 3.09. The normalized spacial score (nSPS) is 20.1. The highest BCUT2D eigenvalue weighted by molar-refractivity contribution is 7.80. The van der Waals surface area contributed by atoms with Gasteiger partial charge >= 0.3 is 0 Å². The van der Waals surface area contributed by atoms with Gasteiger partial charge in [0.15, 0.2) is 5.11 Å². The van der Waals surface area contributed by atoms with Crippen LogP contribution in [0.3, 0.4) is 0 Å². The van der Waals surface area contributed by atoms with Crippen molar-refractivity contribution < 1.29 is 9.53 Å². The summed E-state index contributed by atoms with van der Waals surface area (Å²) in [5.74, 6) is 3.11. The zero-order valence-corrected chi connectivity index (χ0v) is 14.3. The van der Waals surface area contributed by atoms with Crippen LogP contribution in [0.15, 0.2) is 30.0 Å². The lowest BCUT2D eigenvalue weighted by molar-refractivity contribution is -0.124. The monoisotopic (exact) mass is 340 g/mol. The van der Waals surface area contributed by atoms with E-state index in [4.69, 9.17) is 23.4 Å². The fourth-order valence-electron chi connectivity index (χ4n) is 3.17. The smallest absolute Gasteiger partial charge is 0.276 e. The molecule has 4 nitrogen and oxygen atoms in total. The van der Waals surface area contributed by atoms with E-state index in [9.17, 15) is 4.79 Å². The molecule has 2 aliphatic rings. The van der Waals surface area contributed by atoms with E-state index in [-0.39, 0.29) is 18.6 Å². The molecule has 0 bridgehead atoms. The van der Waals surface area contributed by atoms with Crippen molar-refractivity contribution in [1.29, 1.82) is 0 Å². The maximum Gasteiger partial charge on any atom is 0.276 e. The van der Waals surface area contributed by atoms with E-state index in [0.29, 0.717) is 16.6 Å². The first-order chi connectivity index (χ1) is 11.7. The third-order valence-corrected chi connectivity index (χ3v) is 4.66. The molecule has 1 saturated carbocycles. The molecule has 124 valence electrons. The maximum absolute atomic E-state index is 12.7. The number of amides is 1. The standard InChI is InChI=1S/C19H20N2O2S/c1-2-12-23-16-10-8-14(9-11-16)13-17-18(22)21(19(24)20-17)15-6-4-3-5-7-15/h1,8-11,13,15H,3-7,12H2,(H,20,24)/b17-13-. The van der Waals surface area contributed by atoms with Gasteiger partial charge in [0.25, 0.3) is 5.91 Å². The summed E-state index contributed by atoms with van der Waals surface area (Å²) in [4.78, 5) is 14.4. The van der Waals surface area contributed by atoms with E-state index >= 15 is 0 Å². The van der Waals surface area contributed by atoms with Gasteiger partial charge in [-0.3, -0.25) is 9.69 Å². The number of carbonyl (C=O) groups excluding carboxylic acids is 1.